The Balaban J connectivity index is 2.13. The van der Waals surface area contributed by atoms with E-state index < -0.39 is 0 Å². The molecule has 1 fully saturated rings. The maximum Gasteiger partial charge on any atom is 0.141 e. The number of nitrogens with one attached hydrogen (secondary N) is 1. The van der Waals surface area contributed by atoms with Gasteiger partial charge in [0.25, 0.3) is 0 Å². The van der Waals surface area contributed by atoms with Gasteiger partial charge in [-0.3, -0.25) is 4.99 Å². The number of nitrogens with zero attached hydrogens (tertiary/aromatic N) is 1. The SMILES string of the molecule is Oc1cccc2c1N=C1CNCCC12. The number of hydrogen-bond acceptors (Lipinski definition) is 3. The van der Waals surface area contributed by atoms with E-state index in [2.05, 4.69) is 16.4 Å². The van der Waals surface area contributed by atoms with Gasteiger partial charge in [0.1, 0.15) is 11.4 Å². The molecule has 3 rings (SSSR count). The quantitative estimate of drug-likeness (QED) is 0.649. The van der Waals surface area contributed by atoms with Gasteiger partial charge in [0.15, 0.2) is 0 Å². The lowest BCUT2D eigenvalue weighted by atomic mass is 9.90. The maximum absolute atomic E-state index is 9.65. The first kappa shape index (κ1) is 8.00. The Morgan fingerprint density at radius 3 is 3.29 bits per heavy atom. The number of rotatable bonds is 0. The Hall–Kier alpha value is -1.35. The summed E-state index contributed by atoms with van der Waals surface area (Å²) in [5.74, 6) is 0.753. The van der Waals surface area contributed by atoms with Gasteiger partial charge in [-0.25, -0.2) is 0 Å². The summed E-state index contributed by atoms with van der Waals surface area (Å²) in [4.78, 5) is 4.48. The summed E-state index contributed by atoms with van der Waals surface area (Å²) in [6.07, 6.45) is 1.09. The van der Waals surface area contributed by atoms with E-state index in [4.69, 9.17) is 0 Å². The topological polar surface area (TPSA) is 44.6 Å². The van der Waals surface area contributed by atoms with Crippen LogP contribution in [0.15, 0.2) is 23.2 Å². The van der Waals surface area contributed by atoms with Crippen LogP contribution < -0.4 is 5.32 Å². The fourth-order valence-electron chi connectivity index (χ4n) is 2.30. The first-order chi connectivity index (χ1) is 6.86. The molecule has 1 aromatic rings. The monoisotopic (exact) mass is 188 g/mol. The molecule has 2 aliphatic rings. The average molecular weight is 188 g/mol. The fraction of sp³-hybridized carbons (Fsp3) is 0.364. The van der Waals surface area contributed by atoms with Crippen LogP contribution in [0.25, 0.3) is 0 Å². The summed E-state index contributed by atoms with van der Waals surface area (Å²) in [6, 6.07) is 5.67. The molecule has 2 N–H and O–H groups in total. The molecule has 3 heteroatoms. The summed E-state index contributed by atoms with van der Waals surface area (Å²) < 4.78 is 0. The molecule has 1 aromatic carbocycles. The number of phenols is 1. The molecule has 1 unspecified atom stereocenters. The lowest BCUT2D eigenvalue weighted by Gasteiger charge is -2.20. The Morgan fingerprint density at radius 1 is 1.43 bits per heavy atom. The van der Waals surface area contributed by atoms with Crippen molar-refractivity contribution in [2.24, 2.45) is 4.99 Å². The minimum Gasteiger partial charge on any atom is -0.506 e. The number of aliphatic imine (C=N–C) groups is 1. The highest BCUT2D eigenvalue weighted by Crippen LogP contribution is 2.43. The molecule has 1 saturated heterocycles. The van der Waals surface area contributed by atoms with E-state index >= 15 is 0 Å². The van der Waals surface area contributed by atoms with Gasteiger partial charge in [0.05, 0.1) is 0 Å². The smallest absolute Gasteiger partial charge is 0.141 e. The van der Waals surface area contributed by atoms with Gasteiger partial charge in [-0.05, 0) is 24.6 Å². The largest absolute Gasteiger partial charge is 0.506 e. The van der Waals surface area contributed by atoms with Crippen LogP contribution in [0.4, 0.5) is 5.69 Å². The standard InChI is InChI=1S/C11H12N2O/c14-10-3-1-2-8-7-4-5-12-6-9(7)13-11(8)10/h1-3,7,12,14H,4-6H2. The summed E-state index contributed by atoms with van der Waals surface area (Å²) in [7, 11) is 0. The Kier molecular flexibility index (Phi) is 1.61. The van der Waals surface area contributed by atoms with E-state index in [-0.39, 0.29) is 0 Å². The number of fused-ring (bicyclic) bond motifs is 3. The lowest BCUT2D eigenvalue weighted by molar-refractivity contribution is 0.476. The highest BCUT2D eigenvalue weighted by molar-refractivity contribution is 6.00. The Bertz CT molecular complexity index is 412. The molecule has 0 amide bonds. The van der Waals surface area contributed by atoms with Crippen molar-refractivity contribution >= 4 is 11.4 Å². The van der Waals surface area contributed by atoms with Gasteiger partial charge in [-0.1, -0.05) is 12.1 Å². The lowest BCUT2D eigenvalue weighted by Crippen LogP contribution is -2.33. The zero-order valence-corrected chi connectivity index (χ0v) is 7.83. The fourth-order valence-corrected chi connectivity index (χ4v) is 2.30. The van der Waals surface area contributed by atoms with Crippen LogP contribution >= 0.6 is 0 Å². The first-order valence-corrected chi connectivity index (χ1v) is 4.96. The number of phenolic OH excluding ortho intramolecular Hbond substituents is 1. The number of benzene rings is 1. The van der Waals surface area contributed by atoms with Crippen molar-refractivity contribution in [3.63, 3.8) is 0 Å². The van der Waals surface area contributed by atoms with E-state index in [0.29, 0.717) is 11.7 Å². The van der Waals surface area contributed by atoms with Crippen LogP contribution in [0.3, 0.4) is 0 Å². The maximum atomic E-state index is 9.65. The van der Waals surface area contributed by atoms with Crippen molar-refractivity contribution < 1.29 is 5.11 Å². The molecular weight excluding hydrogens is 176 g/mol. The van der Waals surface area contributed by atoms with Crippen LogP contribution in [0.1, 0.15) is 17.9 Å². The number of hydrogen-bond donors (Lipinski definition) is 2. The Labute approximate surface area is 82.5 Å². The third kappa shape index (κ3) is 0.990. The van der Waals surface area contributed by atoms with E-state index in [1.807, 2.05) is 6.07 Å². The summed E-state index contributed by atoms with van der Waals surface area (Å²) in [5, 5.41) is 12.9. The normalized spacial score (nSPS) is 24.0. The predicted molar refractivity (Wildman–Crippen MR) is 55.4 cm³/mol. The second-order valence-corrected chi connectivity index (χ2v) is 3.84. The van der Waals surface area contributed by atoms with Gasteiger partial charge in [0, 0.05) is 18.2 Å². The second-order valence-electron chi connectivity index (χ2n) is 3.84. The van der Waals surface area contributed by atoms with Crippen LogP contribution in [-0.2, 0) is 0 Å². The molecule has 0 radical (unpaired) electrons. The third-order valence-electron chi connectivity index (χ3n) is 2.99. The van der Waals surface area contributed by atoms with Crippen LogP contribution in [0.5, 0.6) is 5.75 Å². The summed E-state index contributed by atoms with van der Waals surface area (Å²) >= 11 is 0. The van der Waals surface area contributed by atoms with Crippen LogP contribution in [0.2, 0.25) is 0 Å². The first-order valence-electron chi connectivity index (χ1n) is 4.96. The molecule has 1 atom stereocenters. The molecule has 3 nitrogen and oxygen atoms in total. The van der Waals surface area contributed by atoms with Crippen molar-refractivity contribution in [3.05, 3.63) is 23.8 Å². The van der Waals surface area contributed by atoms with Gasteiger partial charge in [0.2, 0.25) is 0 Å². The highest BCUT2D eigenvalue weighted by Gasteiger charge is 2.30. The van der Waals surface area contributed by atoms with E-state index in [9.17, 15) is 5.11 Å². The highest BCUT2D eigenvalue weighted by atomic mass is 16.3. The molecule has 72 valence electrons. The van der Waals surface area contributed by atoms with Gasteiger partial charge < -0.3 is 10.4 Å². The molecule has 0 spiro atoms. The van der Waals surface area contributed by atoms with Gasteiger partial charge >= 0.3 is 0 Å². The van der Waals surface area contributed by atoms with Crippen LogP contribution in [-0.4, -0.2) is 23.9 Å². The number of aromatic hydroxyl groups is 1. The minimum atomic E-state index is 0.310. The number of piperidine rings is 1. The zero-order chi connectivity index (χ0) is 9.54. The minimum absolute atomic E-state index is 0.310. The van der Waals surface area contributed by atoms with Crippen molar-refractivity contribution in [2.45, 2.75) is 12.3 Å². The summed E-state index contributed by atoms with van der Waals surface area (Å²) in [6.45, 7) is 1.90. The third-order valence-corrected chi connectivity index (χ3v) is 2.99. The van der Waals surface area contributed by atoms with Crippen molar-refractivity contribution in [3.8, 4) is 5.75 Å². The van der Waals surface area contributed by atoms with E-state index in [1.165, 1.54) is 11.3 Å². The molecule has 0 saturated carbocycles. The van der Waals surface area contributed by atoms with Crippen LogP contribution in [0, 0.1) is 0 Å². The zero-order valence-electron chi connectivity index (χ0n) is 7.83. The molecular formula is C11H12N2O. The predicted octanol–water partition coefficient (Wildman–Crippen LogP) is 1.56. The number of para-hydroxylation sites is 1. The van der Waals surface area contributed by atoms with E-state index in [1.54, 1.807) is 6.07 Å². The second kappa shape index (κ2) is 2.82. The van der Waals surface area contributed by atoms with Crippen molar-refractivity contribution in [1.82, 2.24) is 5.32 Å². The molecule has 0 bridgehead atoms. The molecule has 2 heterocycles. The molecule has 0 aromatic heterocycles. The molecule has 0 aliphatic carbocycles. The molecule has 14 heavy (non-hydrogen) atoms. The van der Waals surface area contributed by atoms with Gasteiger partial charge in [-0.2, -0.15) is 0 Å². The van der Waals surface area contributed by atoms with Crippen molar-refractivity contribution in [1.29, 1.82) is 0 Å². The average Bonchev–Trinajstić information content (AvgIpc) is 2.59. The summed E-state index contributed by atoms with van der Waals surface area (Å²) in [5.41, 5.74) is 3.16. The Morgan fingerprint density at radius 2 is 2.36 bits per heavy atom. The molecule has 2 aliphatic heterocycles. The van der Waals surface area contributed by atoms with E-state index in [0.717, 1.165) is 25.2 Å². The van der Waals surface area contributed by atoms with Crippen molar-refractivity contribution in [2.75, 3.05) is 13.1 Å². The van der Waals surface area contributed by atoms with Gasteiger partial charge in [-0.15, -0.1) is 0 Å².